The van der Waals surface area contributed by atoms with Crippen LogP contribution >= 0.6 is 0 Å². The molecule has 0 fully saturated rings. The van der Waals surface area contributed by atoms with E-state index >= 15 is 0 Å². The number of likely N-dealkylation sites (N-methyl/N-ethyl adjacent to an activating group) is 1. The van der Waals surface area contributed by atoms with Crippen molar-refractivity contribution < 1.29 is 8.42 Å². The molecule has 1 rings (SSSR count). The number of nitrogen functional groups attached to an aromatic ring is 1. The summed E-state index contributed by atoms with van der Waals surface area (Å²) in [7, 11) is -3.65. The molecule has 0 aliphatic carbocycles. The second-order valence-electron chi connectivity index (χ2n) is 4.33. The van der Waals surface area contributed by atoms with Gasteiger partial charge < -0.3 is 10.3 Å². The number of nitrogens with zero attached hydrogens (tertiary/aromatic N) is 2. The highest BCUT2D eigenvalue weighted by molar-refractivity contribution is 7.89. The fourth-order valence-electron chi connectivity index (χ4n) is 1.87. The molecule has 1 heterocycles. The molecule has 0 aliphatic rings. The molecule has 0 atom stereocenters. The minimum atomic E-state index is -3.65. The number of rotatable bonds is 9. The molecule has 0 aromatic carbocycles. The SMILES string of the molecule is CCCN(CC)CCNS(=O)(=O)c1ncccc1NN. The lowest BCUT2D eigenvalue weighted by Gasteiger charge is -2.19. The van der Waals surface area contributed by atoms with Crippen molar-refractivity contribution in [3.8, 4) is 0 Å². The van der Waals surface area contributed by atoms with E-state index in [1.54, 1.807) is 12.1 Å². The van der Waals surface area contributed by atoms with E-state index in [0.717, 1.165) is 19.5 Å². The van der Waals surface area contributed by atoms with Gasteiger partial charge in [0.2, 0.25) is 0 Å². The molecule has 0 radical (unpaired) electrons. The van der Waals surface area contributed by atoms with Gasteiger partial charge in [0.05, 0.1) is 5.69 Å². The largest absolute Gasteiger partial charge is 0.321 e. The summed E-state index contributed by atoms with van der Waals surface area (Å²) in [5.74, 6) is 5.29. The van der Waals surface area contributed by atoms with Crippen LogP contribution in [0, 0.1) is 0 Å². The van der Waals surface area contributed by atoms with E-state index in [0.29, 0.717) is 13.1 Å². The first-order chi connectivity index (χ1) is 9.55. The lowest BCUT2D eigenvalue weighted by Crippen LogP contribution is -2.35. The fourth-order valence-corrected chi connectivity index (χ4v) is 2.98. The van der Waals surface area contributed by atoms with Crippen molar-refractivity contribution in [3.63, 3.8) is 0 Å². The summed E-state index contributed by atoms with van der Waals surface area (Å²) in [4.78, 5) is 6.05. The highest BCUT2D eigenvalue weighted by Crippen LogP contribution is 2.15. The molecule has 1 aromatic heterocycles. The molecule has 0 spiro atoms. The molecule has 1 aromatic rings. The van der Waals surface area contributed by atoms with E-state index in [4.69, 9.17) is 5.84 Å². The van der Waals surface area contributed by atoms with Crippen molar-refractivity contribution in [1.29, 1.82) is 0 Å². The van der Waals surface area contributed by atoms with Crippen LogP contribution in [-0.2, 0) is 10.0 Å². The van der Waals surface area contributed by atoms with E-state index in [9.17, 15) is 8.42 Å². The molecular weight excluding hydrogens is 278 g/mol. The normalized spacial score (nSPS) is 11.8. The smallest absolute Gasteiger partial charge is 0.260 e. The van der Waals surface area contributed by atoms with E-state index in [1.807, 2.05) is 0 Å². The Morgan fingerprint density at radius 2 is 2.10 bits per heavy atom. The summed E-state index contributed by atoms with van der Waals surface area (Å²) in [6.45, 7) is 7.02. The maximum absolute atomic E-state index is 12.2. The van der Waals surface area contributed by atoms with Crippen molar-refractivity contribution in [2.45, 2.75) is 25.3 Å². The summed E-state index contributed by atoms with van der Waals surface area (Å²) in [5.41, 5.74) is 2.62. The zero-order chi connectivity index (χ0) is 15.0. The van der Waals surface area contributed by atoms with Gasteiger partial charge >= 0.3 is 0 Å². The first kappa shape index (κ1) is 16.8. The van der Waals surface area contributed by atoms with Crippen LogP contribution < -0.4 is 16.0 Å². The summed E-state index contributed by atoms with van der Waals surface area (Å²) < 4.78 is 26.8. The number of sulfonamides is 1. The summed E-state index contributed by atoms with van der Waals surface area (Å²) >= 11 is 0. The zero-order valence-electron chi connectivity index (χ0n) is 12.0. The van der Waals surface area contributed by atoms with Crippen molar-refractivity contribution >= 4 is 15.7 Å². The van der Waals surface area contributed by atoms with Crippen LogP contribution in [0.1, 0.15) is 20.3 Å². The highest BCUT2D eigenvalue weighted by atomic mass is 32.2. The number of nitrogens with one attached hydrogen (secondary N) is 2. The van der Waals surface area contributed by atoms with Crippen molar-refractivity contribution in [2.75, 3.05) is 31.6 Å². The number of pyridine rings is 1. The Kier molecular flexibility index (Phi) is 6.86. The number of hydrogen-bond donors (Lipinski definition) is 3. The molecule has 0 aliphatic heterocycles. The fraction of sp³-hybridized carbons (Fsp3) is 0.583. The van der Waals surface area contributed by atoms with Gasteiger partial charge in [0.25, 0.3) is 10.0 Å². The maximum atomic E-state index is 12.2. The molecule has 7 nitrogen and oxygen atoms in total. The van der Waals surface area contributed by atoms with Crippen LogP contribution in [0.4, 0.5) is 5.69 Å². The Morgan fingerprint density at radius 1 is 1.35 bits per heavy atom. The molecular formula is C12H23N5O2S. The Bertz CT molecular complexity index is 506. The van der Waals surface area contributed by atoms with E-state index in [1.165, 1.54) is 6.20 Å². The molecule has 0 unspecified atom stereocenters. The van der Waals surface area contributed by atoms with Gasteiger partial charge in [0.1, 0.15) is 0 Å². The van der Waals surface area contributed by atoms with Crippen molar-refractivity contribution in [2.24, 2.45) is 5.84 Å². The second kappa shape index (κ2) is 8.15. The summed E-state index contributed by atoms with van der Waals surface area (Å²) in [6, 6.07) is 3.19. The van der Waals surface area contributed by atoms with Gasteiger partial charge in [-0.15, -0.1) is 0 Å². The Labute approximate surface area is 120 Å². The first-order valence-electron chi connectivity index (χ1n) is 6.68. The highest BCUT2D eigenvalue weighted by Gasteiger charge is 2.19. The van der Waals surface area contributed by atoms with E-state index < -0.39 is 10.0 Å². The molecule has 114 valence electrons. The molecule has 0 bridgehead atoms. The van der Waals surface area contributed by atoms with Gasteiger partial charge in [0.15, 0.2) is 5.03 Å². The predicted octanol–water partition coefficient (Wildman–Crippen LogP) is 0.377. The quantitative estimate of drug-likeness (QED) is 0.450. The number of aromatic nitrogens is 1. The van der Waals surface area contributed by atoms with Gasteiger partial charge in [-0.1, -0.05) is 13.8 Å². The van der Waals surface area contributed by atoms with Gasteiger partial charge in [-0.3, -0.25) is 5.84 Å². The van der Waals surface area contributed by atoms with E-state index in [-0.39, 0.29) is 10.7 Å². The topological polar surface area (TPSA) is 100 Å². The number of anilines is 1. The van der Waals surface area contributed by atoms with Crippen LogP contribution in [0.5, 0.6) is 0 Å². The lowest BCUT2D eigenvalue weighted by molar-refractivity contribution is 0.293. The van der Waals surface area contributed by atoms with Crippen molar-refractivity contribution in [1.82, 2.24) is 14.6 Å². The molecule has 0 saturated heterocycles. The van der Waals surface area contributed by atoms with Gasteiger partial charge in [-0.25, -0.2) is 18.1 Å². The second-order valence-corrected chi connectivity index (χ2v) is 6.01. The van der Waals surface area contributed by atoms with Gasteiger partial charge in [-0.2, -0.15) is 0 Å². The van der Waals surface area contributed by atoms with E-state index in [2.05, 4.69) is 33.9 Å². The van der Waals surface area contributed by atoms with Gasteiger partial charge in [-0.05, 0) is 31.6 Å². The van der Waals surface area contributed by atoms with Crippen LogP contribution in [0.15, 0.2) is 23.4 Å². The molecule has 20 heavy (non-hydrogen) atoms. The third kappa shape index (κ3) is 4.71. The standard InChI is InChI=1S/C12H23N5O2S/c1-3-9-17(4-2)10-8-15-20(18,19)12-11(16-13)6-5-7-14-12/h5-7,15-16H,3-4,8-10,13H2,1-2H3. The monoisotopic (exact) mass is 301 g/mol. The van der Waals surface area contributed by atoms with Crippen LogP contribution in [0.2, 0.25) is 0 Å². The summed E-state index contributed by atoms with van der Waals surface area (Å²) in [6.07, 6.45) is 2.47. The van der Waals surface area contributed by atoms with Crippen molar-refractivity contribution in [3.05, 3.63) is 18.3 Å². The maximum Gasteiger partial charge on any atom is 0.260 e. The van der Waals surface area contributed by atoms with Gasteiger partial charge in [0, 0.05) is 19.3 Å². The zero-order valence-corrected chi connectivity index (χ0v) is 12.8. The molecule has 0 amide bonds. The molecule has 8 heteroatoms. The van der Waals surface area contributed by atoms with Crippen LogP contribution in [0.25, 0.3) is 0 Å². The number of hydrogen-bond acceptors (Lipinski definition) is 6. The molecule has 0 saturated carbocycles. The summed E-state index contributed by atoms with van der Waals surface area (Å²) in [5, 5.41) is -0.0824. The lowest BCUT2D eigenvalue weighted by atomic mass is 10.4. The predicted molar refractivity (Wildman–Crippen MR) is 79.6 cm³/mol. The molecule has 4 N–H and O–H groups in total. The third-order valence-electron chi connectivity index (χ3n) is 2.89. The average Bonchev–Trinajstić information content (AvgIpc) is 2.46. The van der Waals surface area contributed by atoms with Crippen LogP contribution in [0.3, 0.4) is 0 Å². The first-order valence-corrected chi connectivity index (χ1v) is 8.17. The van der Waals surface area contributed by atoms with Crippen LogP contribution in [-0.4, -0.2) is 44.5 Å². The Hall–Kier alpha value is -1.22. The minimum Gasteiger partial charge on any atom is -0.321 e. The number of nitrogens with two attached hydrogens (primary N) is 1. The average molecular weight is 301 g/mol. The number of hydrazine groups is 1. The minimum absolute atomic E-state index is 0.0824. The Morgan fingerprint density at radius 3 is 2.70 bits per heavy atom. The third-order valence-corrected chi connectivity index (χ3v) is 4.31. The Balaban J connectivity index is 2.66.